The van der Waals surface area contributed by atoms with Crippen molar-refractivity contribution in [2.75, 3.05) is 13.2 Å². The highest BCUT2D eigenvalue weighted by Gasteiger charge is 1.97. The zero-order valence-electron chi connectivity index (χ0n) is 9.23. The number of amides is 1. The Hall–Kier alpha value is -1.26. The lowest BCUT2D eigenvalue weighted by molar-refractivity contribution is -0.119. The molecule has 0 aromatic heterocycles. The molecule has 0 saturated carbocycles. The van der Waals surface area contributed by atoms with Crippen molar-refractivity contribution in [1.82, 2.24) is 5.32 Å². The Labute approximate surface area is 102 Å². The fourth-order valence-corrected chi connectivity index (χ4v) is 1.13. The second-order valence-corrected chi connectivity index (χ2v) is 3.18. The lowest BCUT2D eigenvalue weighted by Gasteiger charge is -2.05. The van der Waals surface area contributed by atoms with Gasteiger partial charge in [-0.2, -0.15) is 0 Å². The highest BCUT2D eigenvalue weighted by Crippen LogP contribution is 2.11. The summed E-state index contributed by atoms with van der Waals surface area (Å²) < 4.78 is 5.13. The number of hydrogen-bond acceptors (Lipinski definition) is 3. The first-order valence-electron chi connectivity index (χ1n) is 4.93. The van der Waals surface area contributed by atoms with E-state index in [9.17, 15) is 4.79 Å². The maximum Gasteiger partial charge on any atom is 0.255 e. The van der Waals surface area contributed by atoms with Gasteiger partial charge in [-0.05, 0) is 24.2 Å². The minimum atomic E-state index is -0.466. The molecule has 1 aromatic rings. The van der Waals surface area contributed by atoms with E-state index in [0.29, 0.717) is 5.75 Å². The number of nitrogens with two attached hydrogens (primary N) is 1. The van der Waals surface area contributed by atoms with E-state index in [1.165, 1.54) is 5.56 Å². The molecule has 1 aromatic carbocycles. The Morgan fingerprint density at radius 3 is 2.50 bits per heavy atom. The molecule has 3 N–H and O–H groups in total. The number of nitrogens with one attached hydrogen (secondary N) is 1. The molecule has 0 aliphatic carbocycles. The molecule has 0 atom stereocenters. The summed E-state index contributed by atoms with van der Waals surface area (Å²) in [6, 6.07) is 7.57. The quantitative estimate of drug-likeness (QED) is 0.787. The highest BCUT2D eigenvalue weighted by atomic mass is 35.5. The van der Waals surface area contributed by atoms with Crippen LogP contribution in [-0.4, -0.2) is 19.1 Å². The smallest absolute Gasteiger partial charge is 0.255 e. The summed E-state index contributed by atoms with van der Waals surface area (Å²) in [5.74, 6) is 0.195. The van der Waals surface area contributed by atoms with Crippen molar-refractivity contribution in [2.24, 2.45) is 5.73 Å². The van der Waals surface area contributed by atoms with Crippen molar-refractivity contribution in [2.45, 2.75) is 13.5 Å². The van der Waals surface area contributed by atoms with E-state index in [-0.39, 0.29) is 19.0 Å². The van der Waals surface area contributed by atoms with Crippen molar-refractivity contribution in [3.63, 3.8) is 0 Å². The molecule has 90 valence electrons. The average Bonchev–Trinajstić information content (AvgIpc) is 2.25. The lowest BCUT2D eigenvalue weighted by Crippen LogP contribution is -2.20. The SMILES string of the molecule is CCNCc1ccc(OCC(N)=O)cc1.Cl. The van der Waals surface area contributed by atoms with Crippen molar-refractivity contribution in [1.29, 1.82) is 0 Å². The first-order chi connectivity index (χ1) is 7.22. The summed E-state index contributed by atoms with van der Waals surface area (Å²) in [6.45, 7) is 3.77. The van der Waals surface area contributed by atoms with Gasteiger partial charge in [0.1, 0.15) is 5.75 Å². The van der Waals surface area contributed by atoms with Crippen LogP contribution in [0.2, 0.25) is 0 Å². The first-order valence-corrected chi connectivity index (χ1v) is 4.93. The monoisotopic (exact) mass is 244 g/mol. The molecule has 0 unspecified atom stereocenters. The van der Waals surface area contributed by atoms with Crippen LogP contribution in [0.3, 0.4) is 0 Å². The van der Waals surface area contributed by atoms with Gasteiger partial charge in [-0.25, -0.2) is 0 Å². The summed E-state index contributed by atoms with van der Waals surface area (Å²) in [6.07, 6.45) is 0. The van der Waals surface area contributed by atoms with Crippen molar-refractivity contribution in [3.05, 3.63) is 29.8 Å². The van der Waals surface area contributed by atoms with Crippen LogP contribution in [0.4, 0.5) is 0 Å². The Bertz CT molecular complexity index is 314. The number of benzene rings is 1. The third-order valence-corrected chi connectivity index (χ3v) is 1.88. The molecule has 5 heteroatoms. The molecule has 0 saturated heterocycles. The van der Waals surface area contributed by atoms with Gasteiger partial charge < -0.3 is 15.8 Å². The number of hydrogen-bond donors (Lipinski definition) is 2. The molecule has 4 nitrogen and oxygen atoms in total. The number of carbonyl (C=O) groups excluding carboxylic acids is 1. The molecule has 0 aliphatic heterocycles. The molecule has 16 heavy (non-hydrogen) atoms. The van der Waals surface area contributed by atoms with Gasteiger partial charge in [0.2, 0.25) is 0 Å². The van der Waals surface area contributed by atoms with Crippen LogP contribution in [0.15, 0.2) is 24.3 Å². The summed E-state index contributed by atoms with van der Waals surface area (Å²) in [4.78, 5) is 10.5. The molecule has 1 rings (SSSR count). The largest absolute Gasteiger partial charge is 0.484 e. The Kier molecular flexibility index (Phi) is 7.33. The molecule has 0 bridgehead atoms. The van der Waals surface area contributed by atoms with Crippen molar-refractivity contribution < 1.29 is 9.53 Å². The van der Waals surface area contributed by atoms with Gasteiger partial charge in [0.05, 0.1) is 0 Å². The van der Waals surface area contributed by atoms with E-state index >= 15 is 0 Å². The van der Waals surface area contributed by atoms with Gasteiger partial charge in [0.15, 0.2) is 6.61 Å². The second kappa shape index (κ2) is 7.96. The summed E-state index contributed by atoms with van der Waals surface area (Å²) in [5.41, 5.74) is 6.15. The third-order valence-electron chi connectivity index (χ3n) is 1.88. The standard InChI is InChI=1S/C11H16N2O2.ClH/c1-2-13-7-9-3-5-10(6-4-9)15-8-11(12)14;/h3-6,13H,2,7-8H2,1H3,(H2,12,14);1H. The first kappa shape index (κ1) is 14.7. The van der Waals surface area contributed by atoms with E-state index in [1.807, 2.05) is 24.3 Å². The van der Waals surface area contributed by atoms with Gasteiger partial charge in [-0.1, -0.05) is 19.1 Å². The number of primary amides is 1. The predicted octanol–water partition coefficient (Wildman–Crippen LogP) is 1.08. The van der Waals surface area contributed by atoms with Gasteiger partial charge >= 0.3 is 0 Å². The molecule has 0 aliphatic rings. The predicted molar refractivity (Wildman–Crippen MR) is 65.8 cm³/mol. The van der Waals surface area contributed by atoms with Crippen LogP contribution < -0.4 is 15.8 Å². The summed E-state index contributed by atoms with van der Waals surface area (Å²) >= 11 is 0. The van der Waals surface area contributed by atoms with Crippen LogP contribution >= 0.6 is 12.4 Å². The Morgan fingerprint density at radius 2 is 2.00 bits per heavy atom. The van der Waals surface area contributed by atoms with E-state index in [2.05, 4.69) is 12.2 Å². The minimum absolute atomic E-state index is 0. The fourth-order valence-electron chi connectivity index (χ4n) is 1.13. The molecular formula is C11H17ClN2O2. The molecule has 0 fully saturated rings. The van der Waals surface area contributed by atoms with E-state index < -0.39 is 5.91 Å². The molecular weight excluding hydrogens is 228 g/mol. The summed E-state index contributed by atoms with van der Waals surface area (Å²) in [7, 11) is 0. The van der Waals surface area contributed by atoms with E-state index in [1.54, 1.807) is 0 Å². The summed E-state index contributed by atoms with van der Waals surface area (Å²) in [5, 5.41) is 3.22. The van der Waals surface area contributed by atoms with Gasteiger partial charge in [0, 0.05) is 6.54 Å². The maximum atomic E-state index is 10.5. The van der Waals surface area contributed by atoms with E-state index in [4.69, 9.17) is 10.5 Å². The van der Waals surface area contributed by atoms with Crippen molar-refractivity contribution >= 4 is 18.3 Å². The van der Waals surface area contributed by atoms with Crippen LogP contribution in [0.25, 0.3) is 0 Å². The third kappa shape index (κ3) is 5.58. The number of halogens is 1. The van der Waals surface area contributed by atoms with E-state index in [0.717, 1.165) is 13.1 Å². The van der Waals surface area contributed by atoms with Gasteiger partial charge in [-0.15, -0.1) is 12.4 Å². The zero-order chi connectivity index (χ0) is 11.1. The molecule has 0 heterocycles. The fraction of sp³-hybridized carbons (Fsp3) is 0.364. The van der Waals surface area contributed by atoms with Crippen LogP contribution in [0.5, 0.6) is 5.75 Å². The van der Waals surface area contributed by atoms with Crippen LogP contribution in [0, 0.1) is 0 Å². The van der Waals surface area contributed by atoms with Crippen molar-refractivity contribution in [3.8, 4) is 5.75 Å². The van der Waals surface area contributed by atoms with Crippen LogP contribution in [-0.2, 0) is 11.3 Å². The zero-order valence-corrected chi connectivity index (χ0v) is 10.0. The normalized spacial score (nSPS) is 9.31. The van der Waals surface area contributed by atoms with Gasteiger partial charge in [0.25, 0.3) is 5.91 Å². The minimum Gasteiger partial charge on any atom is -0.484 e. The van der Waals surface area contributed by atoms with Crippen LogP contribution in [0.1, 0.15) is 12.5 Å². The Balaban J connectivity index is 0.00000225. The molecule has 1 amide bonds. The lowest BCUT2D eigenvalue weighted by atomic mass is 10.2. The molecule has 0 radical (unpaired) electrons. The number of carbonyl (C=O) groups is 1. The topological polar surface area (TPSA) is 64.3 Å². The second-order valence-electron chi connectivity index (χ2n) is 3.18. The number of ether oxygens (including phenoxy) is 1. The van der Waals surface area contributed by atoms with Gasteiger partial charge in [-0.3, -0.25) is 4.79 Å². The maximum absolute atomic E-state index is 10.5. The number of rotatable bonds is 6. The average molecular weight is 245 g/mol. The molecule has 0 spiro atoms. The Morgan fingerprint density at radius 1 is 1.38 bits per heavy atom. The highest BCUT2D eigenvalue weighted by molar-refractivity contribution is 5.85.